The summed E-state index contributed by atoms with van der Waals surface area (Å²) in [7, 11) is 0. The van der Waals surface area contributed by atoms with Gasteiger partial charge in [-0.1, -0.05) is 114 Å². The van der Waals surface area contributed by atoms with E-state index >= 15 is 0 Å². The van der Waals surface area contributed by atoms with Crippen LogP contribution in [0.4, 0.5) is 16.4 Å². The highest BCUT2D eigenvalue weighted by Gasteiger charge is 2.47. The summed E-state index contributed by atoms with van der Waals surface area (Å²) in [6, 6.07) is 23.3. The van der Waals surface area contributed by atoms with Gasteiger partial charge >= 0.3 is 0 Å². The van der Waals surface area contributed by atoms with Gasteiger partial charge in [0.15, 0.2) is 0 Å². The van der Waals surface area contributed by atoms with Gasteiger partial charge in [0.05, 0.1) is 4.88 Å². The monoisotopic (exact) mass is 597 g/mol. The largest absolute Gasteiger partial charge is 0.302 e. The van der Waals surface area contributed by atoms with Crippen molar-refractivity contribution in [3.63, 3.8) is 0 Å². The third kappa shape index (κ3) is 6.29. The minimum atomic E-state index is 0.120. The molecule has 1 aliphatic carbocycles. The highest BCUT2D eigenvalue weighted by Crippen LogP contribution is 2.62. The van der Waals surface area contributed by atoms with Crippen LogP contribution in [0.1, 0.15) is 114 Å². The Hall–Kier alpha value is -2.36. The van der Waals surface area contributed by atoms with Crippen molar-refractivity contribution in [1.29, 1.82) is 0 Å². The Labute approximate surface area is 264 Å². The number of hydrogen-bond acceptors (Lipinski definition) is 3. The first-order chi connectivity index (χ1) is 20.4. The number of fused-ring (bicyclic) bond motifs is 3. The van der Waals surface area contributed by atoms with Crippen LogP contribution in [-0.2, 0) is 5.41 Å². The van der Waals surface area contributed by atoms with E-state index in [0.29, 0.717) is 0 Å². The molecule has 0 aliphatic heterocycles. The molecule has 0 spiro atoms. The molecule has 5 rings (SSSR count). The molecule has 224 valence electrons. The van der Waals surface area contributed by atoms with Crippen LogP contribution in [-0.4, -0.2) is 0 Å². The van der Waals surface area contributed by atoms with Gasteiger partial charge in [0, 0.05) is 21.7 Å². The third-order valence-electron chi connectivity index (χ3n) is 9.79. The van der Waals surface area contributed by atoms with Gasteiger partial charge in [-0.25, -0.2) is 0 Å². The second-order valence-electron chi connectivity index (χ2n) is 12.8. The average molecular weight is 598 g/mol. The molecular formula is C39H51NS2. The molecule has 2 heterocycles. The molecule has 0 saturated heterocycles. The SMILES string of the molecule is CCCCC(CC)CC1(CC(CC)CCCC)c2ccsc2-c2sc(N(c3ccc(C)cc3)c3ccc(C)cc3)cc21. The molecule has 2 aromatic carbocycles. The normalized spacial score (nSPS) is 17.2. The molecule has 0 bridgehead atoms. The third-order valence-corrected chi connectivity index (χ3v) is 12.0. The lowest BCUT2D eigenvalue weighted by molar-refractivity contribution is 0.266. The molecule has 2 aromatic heterocycles. The van der Waals surface area contributed by atoms with Gasteiger partial charge in [0.2, 0.25) is 0 Å². The Morgan fingerprint density at radius 2 is 1.19 bits per heavy atom. The van der Waals surface area contributed by atoms with Crippen molar-refractivity contribution in [3.05, 3.63) is 88.3 Å². The lowest BCUT2D eigenvalue weighted by atomic mass is 9.66. The van der Waals surface area contributed by atoms with Crippen molar-refractivity contribution >= 4 is 39.0 Å². The Kier molecular flexibility index (Phi) is 10.3. The first-order valence-electron chi connectivity index (χ1n) is 16.6. The van der Waals surface area contributed by atoms with Crippen molar-refractivity contribution < 1.29 is 0 Å². The lowest BCUT2D eigenvalue weighted by Crippen LogP contribution is -2.31. The summed E-state index contributed by atoms with van der Waals surface area (Å²) in [4.78, 5) is 5.59. The number of benzene rings is 2. The Bertz CT molecular complexity index is 1340. The maximum absolute atomic E-state index is 2.62. The van der Waals surface area contributed by atoms with E-state index in [9.17, 15) is 0 Å². The molecule has 0 fully saturated rings. The fraction of sp³-hybridized carbons (Fsp3) is 0.487. The topological polar surface area (TPSA) is 3.24 Å². The van der Waals surface area contributed by atoms with Crippen LogP contribution < -0.4 is 4.90 Å². The number of nitrogens with zero attached hydrogens (tertiary/aromatic N) is 1. The Balaban J connectivity index is 1.66. The average Bonchev–Trinajstić information content (AvgIpc) is 3.71. The van der Waals surface area contributed by atoms with Gasteiger partial charge in [-0.15, -0.1) is 22.7 Å². The molecule has 0 radical (unpaired) electrons. The number of anilines is 3. The first kappa shape index (κ1) is 31.1. The quantitative estimate of drug-likeness (QED) is 0.132. The van der Waals surface area contributed by atoms with Crippen molar-refractivity contribution in [1.82, 2.24) is 0 Å². The van der Waals surface area contributed by atoms with Gasteiger partial charge in [-0.3, -0.25) is 0 Å². The maximum atomic E-state index is 2.62. The van der Waals surface area contributed by atoms with E-state index in [1.54, 1.807) is 16.0 Å². The summed E-state index contributed by atoms with van der Waals surface area (Å²) in [5, 5.41) is 3.72. The number of aryl methyl sites for hydroxylation is 2. The van der Waals surface area contributed by atoms with E-state index in [4.69, 9.17) is 0 Å². The fourth-order valence-corrected chi connectivity index (χ4v) is 9.68. The fourth-order valence-electron chi connectivity index (χ4n) is 7.21. The predicted molar refractivity (Wildman–Crippen MR) is 188 cm³/mol. The number of hydrogen-bond donors (Lipinski definition) is 0. The minimum absolute atomic E-state index is 0.120. The van der Waals surface area contributed by atoms with Crippen LogP contribution in [0.2, 0.25) is 0 Å². The van der Waals surface area contributed by atoms with Gasteiger partial charge < -0.3 is 4.90 Å². The summed E-state index contributed by atoms with van der Waals surface area (Å²) in [6.45, 7) is 13.9. The molecule has 0 saturated carbocycles. The molecule has 0 amide bonds. The summed E-state index contributed by atoms with van der Waals surface area (Å²) in [5.74, 6) is 1.53. The predicted octanol–water partition coefficient (Wildman–Crippen LogP) is 13.4. The summed E-state index contributed by atoms with van der Waals surface area (Å²) >= 11 is 3.99. The molecule has 3 heteroatoms. The van der Waals surface area contributed by atoms with Crippen LogP contribution in [0.25, 0.3) is 9.75 Å². The highest BCUT2D eigenvalue weighted by molar-refractivity contribution is 7.24. The van der Waals surface area contributed by atoms with Crippen molar-refractivity contribution in [3.8, 4) is 9.75 Å². The van der Waals surface area contributed by atoms with E-state index in [1.807, 2.05) is 22.7 Å². The van der Waals surface area contributed by atoms with Crippen LogP contribution >= 0.6 is 22.7 Å². The molecule has 1 nitrogen and oxygen atoms in total. The minimum Gasteiger partial charge on any atom is -0.302 e. The zero-order valence-electron chi connectivity index (χ0n) is 26.8. The molecule has 0 N–H and O–H groups in total. The zero-order valence-corrected chi connectivity index (χ0v) is 28.5. The smallest absolute Gasteiger partial charge is 0.101 e. The number of unbranched alkanes of at least 4 members (excludes halogenated alkanes) is 2. The van der Waals surface area contributed by atoms with Crippen LogP contribution in [0.3, 0.4) is 0 Å². The van der Waals surface area contributed by atoms with E-state index in [-0.39, 0.29) is 5.41 Å². The second-order valence-corrected chi connectivity index (χ2v) is 14.8. The molecule has 2 unspecified atom stereocenters. The van der Waals surface area contributed by atoms with E-state index < -0.39 is 0 Å². The van der Waals surface area contributed by atoms with Crippen molar-refractivity contribution in [2.24, 2.45) is 11.8 Å². The van der Waals surface area contributed by atoms with E-state index in [0.717, 1.165) is 11.8 Å². The standard InChI is InChI=1S/C39H51NS2/c1-7-11-13-30(9-3)26-39(27-31(10-4)14-12-8-2)34-23-24-41-37(34)38-35(39)25-36(42-38)40(32-19-15-28(5)16-20-32)33-21-17-29(6)18-22-33/h15-25,30-31H,7-14,26-27H2,1-6H3. The van der Waals surface area contributed by atoms with Crippen LogP contribution in [0, 0.1) is 25.7 Å². The van der Waals surface area contributed by atoms with Gasteiger partial charge in [0.1, 0.15) is 5.00 Å². The summed E-state index contributed by atoms with van der Waals surface area (Å²) in [5.41, 5.74) is 8.47. The number of rotatable bonds is 15. The highest BCUT2D eigenvalue weighted by atomic mass is 32.1. The molecule has 2 atom stereocenters. The van der Waals surface area contributed by atoms with Crippen LogP contribution in [0.15, 0.2) is 66.0 Å². The van der Waals surface area contributed by atoms with Crippen molar-refractivity contribution in [2.45, 2.75) is 111 Å². The molecule has 42 heavy (non-hydrogen) atoms. The second kappa shape index (κ2) is 14.0. The van der Waals surface area contributed by atoms with Gasteiger partial charge in [-0.2, -0.15) is 0 Å². The van der Waals surface area contributed by atoms with Gasteiger partial charge in [-0.05, 0) is 91.4 Å². The maximum Gasteiger partial charge on any atom is 0.101 e. The Morgan fingerprint density at radius 1 is 0.667 bits per heavy atom. The van der Waals surface area contributed by atoms with E-state index in [1.165, 1.54) is 96.6 Å². The molecular weight excluding hydrogens is 547 g/mol. The zero-order chi connectivity index (χ0) is 29.7. The summed E-state index contributed by atoms with van der Waals surface area (Å²) in [6.07, 6.45) is 13.1. The van der Waals surface area contributed by atoms with E-state index in [2.05, 4.69) is 112 Å². The Morgan fingerprint density at radius 3 is 1.67 bits per heavy atom. The van der Waals surface area contributed by atoms with Crippen molar-refractivity contribution in [2.75, 3.05) is 4.90 Å². The van der Waals surface area contributed by atoms with Crippen LogP contribution in [0.5, 0.6) is 0 Å². The first-order valence-corrected chi connectivity index (χ1v) is 18.3. The number of thiophene rings is 2. The summed E-state index contributed by atoms with van der Waals surface area (Å²) < 4.78 is 0. The molecule has 4 aromatic rings. The molecule has 1 aliphatic rings. The lowest BCUT2D eigenvalue weighted by Gasteiger charge is -2.38. The van der Waals surface area contributed by atoms with Gasteiger partial charge in [0.25, 0.3) is 0 Å².